The number of benzene rings is 1. The zero-order chi connectivity index (χ0) is 19.8. The molecule has 0 aliphatic carbocycles. The van der Waals surface area contributed by atoms with Gasteiger partial charge >= 0.3 is 0 Å². The molecule has 1 aromatic rings. The molecule has 27 heavy (non-hydrogen) atoms. The molecule has 2 N–H and O–H groups in total. The zero-order valence-corrected chi connectivity index (χ0v) is 20.5. The monoisotopic (exact) mass is 531 g/mol. The Morgan fingerprint density at radius 2 is 1.89 bits per heavy atom. The molecule has 156 valence electrons. The van der Waals surface area contributed by atoms with Crippen LogP contribution in [0.2, 0.25) is 5.02 Å². The SMILES string of the molecule is CCC(CNC(=NC)NCCS(=O)(=O)C(C)(C)C)Oc1ccccc1Cl.I. The van der Waals surface area contributed by atoms with Crippen LogP contribution in [0.25, 0.3) is 0 Å². The molecule has 1 unspecified atom stereocenters. The first-order valence-electron chi connectivity index (χ1n) is 8.68. The molecule has 0 saturated carbocycles. The number of rotatable bonds is 8. The van der Waals surface area contributed by atoms with Crippen molar-refractivity contribution in [1.82, 2.24) is 10.6 Å². The number of hydrogen-bond donors (Lipinski definition) is 2. The van der Waals surface area contributed by atoms with Crippen molar-refractivity contribution in [3.05, 3.63) is 29.3 Å². The minimum atomic E-state index is -3.17. The van der Waals surface area contributed by atoms with Gasteiger partial charge < -0.3 is 15.4 Å². The van der Waals surface area contributed by atoms with Crippen LogP contribution in [0, 0.1) is 0 Å². The Labute approximate surface area is 185 Å². The van der Waals surface area contributed by atoms with Crippen molar-refractivity contribution in [2.75, 3.05) is 25.9 Å². The van der Waals surface area contributed by atoms with E-state index >= 15 is 0 Å². The Kier molecular flexibility index (Phi) is 11.6. The predicted molar refractivity (Wildman–Crippen MR) is 124 cm³/mol. The molecular weight excluding hydrogens is 501 g/mol. The van der Waals surface area contributed by atoms with Crippen LogP contribution in [-0.4, -0.2) is 51.1 Å². The van der Waals surface area contributed by atoms with Gasteiger partial charge in [-0.15, -0.1) is 24.0 Å². The van der Waals surface area contributed by atoms with Gasteiger partial charge in [0.25, 0.3) is 0 Å². The average Bonchev–Trinajstić information content (AvgIpc) is 2.57. The van der Waals surface area contributed by atoms with Gasteiger partial charge in [0.05, 0.1) is 22.1 Å². The van der Waals surface area contributed by atoms with E-state index in [1.165, 1.54) is 0 Å². The smallest absolute Gasteiger partial charge is 0.191 e. The van der Waals surface area contributed by atoms with Crippen LogP contribution in [-0.2, 0) is 9.84 Å². The van der Waals surface area contributed by atoms with E-state index in [-0.39, 0.29) is 35.8 Å². The normalized spacial score (nSPS) is 13.5. The molecule has 0 saturated heterocycles. The molecule has 0 aliphatic rings. The van der Waals surface area contributed by atoms with Crippen LogP contribution in [0.5, 0.6) is 5.75 Å². The van der Waals surface area contributed by atoms with Gasteiger partial charge in [0.2, 0.25) is 0 Å². The topological polar surface area (TPSA) is 79.8 Å². The van der Waals surface area contributed by atoms with Crippen molar-refractivity contribution in [3.63, 3.8) is 0 Å². The molecular formula is C18H31ClIN3O3S. The molecule has 6 nitrogen and oxygen atoms in total. The highest BCUT2D eigenvalue weighted by Gasteiger charge is 2.28. The molecule has 0 spiro atoms. The Morgan fingerprint density at radius 1 is 1.26 bits per heavy atom. The van der Waals surface area contributed by atoms with Crippen LogP contribution in [0.4, 0.5) is 0 Å². The van der Waals surface area contributed by atoms with Gasteiger partial charge in [-0.2, -0.15) is 0 Å². The van der Waals surface area contributed by atoms with E-state index in [2.05, 4.69) is 15.6 Å². The fraction of sp³-hybridized carbons (Fsp3) is 0.611. The van der Waals surface area contributed by atoms with Crippen LogP contribution in [0.15, 0.2) is 29.3 Å². The molecule has 0 aromatic heterocycles. The van der Waals surface area contributed by atoms with Crippen LogP contribution >= 0.6 is 35.6 Å². The molecule has 0 fully saturated rings. The molecule has 1 aromatic carbocycles. The summed E-state index contributed by atoms with van der Waals surface area (Å²) in [5.41, 5.74) is 0. The van der Waals surface area contributed by atoms with Gasteiger partial charge in [-0.1, -0.05) is 30.7 Å². The van der Waals surface area contributed by atoms with Crippen LogP contribution < -0.4 is 15.4 Å². The first kappa shape index (κ1) is 26.3. The molecule has 0 heterocycles. The summed E-state index contributed by atoms with van der Waals surface area (Å²) >= 11 is 6.12. The van der Waals surface area contributed by atoms with Gasteiger partial charge in [-0.3, -0.25) is 4.99 Å². The van der Waals surface area contributed by atoms with Crippen molar-refractivity contribution in [2.45, 2.75) is 45.0 Å². The number of hydrogen-bond acceptors (Lipinski definition) is 4. The standard InChI is InChI=1S/C18H30ClN3O3S.HI/c1-6-14(25-16-10-8-7-9-15(16)19)13-22-17(20-5)21-11-12-26(23,24)18(2,3)4;/h7-10,14H,6,11-13H2,1-5H3,(H2,20,21,22);1H. The highest BCUT2D eigenvalue weighted by atomic mass is 127. The summed E-state index contributed by atoms with van der Waals surface area (Å²) in [7, 11) is -1.53. The molecule has 1 rings (SSSR count). The van der Waals surface area contributed by atoms with Gasteiger partial charge in [-0.05, 0) is 39.3 Å². The second kappa shape index (κ2) is 12.0. The maximum absolute atomic E-state index is 12.1. The number of para-hydroxylation sites is 1. The summed E-state index contributed by atoms with van der Waals surface area (Å²) in [4.78, 5) is 4.12. The highest BCUT2D eigenvalue weighted by Crippen LogP contribution is 2.24. The van der Waals surface area contributed by atoms with Gasteiger partial charge in [0, 0.05) is 13.6 Å². The molecule has 1 atom stereocenters. The third kappa shape index (κ3) is 8.87. The van der Waals surface area contributed by atoms with Crippen molar-refractivity contribution in [2.24, 2.45) is 4.99 Å². The van der Waals surface area contributed by atoms with E-state index in [0.29, 0.717) is 29.8 Å². The Hall–Kier alpha value is -0.740. The summed E-state index contributed by atoms with van der Waals surface area (Å²) in [6.07, 6.45) is 0.694. The number of aliphatic imine (C=N–C) groups is 1. The third-order valence-corrected chi connectivity index (χ3v) is 6.82. The van der Waals surface area contributed by atoms with Crippen molar-refractivity contribution >= 4 is 51.4 Å². The fourth-order valence-electron chi connectivity index (χ4n) is 2.03. The van der Waals surface area contributed by atoms with E-state index in [4.69, 9.17) is 16.3 Å². The lowest BCUT2D eigenvalue weighted by molar-refractivity contribution is 0.199. The maximum Gasteiger partial charge on any atom is 0.191 e. The third-order valence-electron chi connectivity index (χ3n) is 3.90. The van der Waals surface area contributed by atoms with E-state index in [1.807, 2.05) is 25.1 Å². The van der Waals surface area contributed by atoms with Gasteiger partial charge in [0.15, 0.2) is 15.8 Å². The lowest BCUT2D eigenvalue weighted by Crippen LogP contribution is -2.44. The quantitative estimate of drug-likeness (QED) is 0.305. The van der Waals surface area contributed by atoms with E-state index < -0.39 is 14.6 Å². The largest absolute Gasteiger partial charge is 0.487 e. The summed E-state index contributed by atoms with van der Waals surface area (Å²) < 4.78 is 29.4. The lowest BCUT2D eigenvalue weighted by atomic mass is 10.2. The first-order valence-corrected chi connectivity index (χ1v) is 10.7. The first-order chi connectivity index (χ1) is 12.1. The number of halogens is 2. The molecule has 9 heteroatoms. The Balaban J connectivity index is 0.00000676. The molecule has 0 bridgehead atoms. The van der Waals surface area contributed by atoms with Crippen molar-refractivity contribution < 1.29 is 13.2 Å². The van der Waals surface area contributed by atoms with E-state index in [0.717, 1.165) is 6.42 Å². The van der Waals surface area contributed by atoms with Crippen molar-refractivity contribution in [1.29, 1.82) is 0 Å². The average molecular weight is 532 g/mol. The van der Waals surface area contributed by atoms with Crippen molar-refractivity contribution in [3.8, 4) is 5.75 Å². The fourth-order valence-corrected chi connectivity index (χ4v) is 3.19. The van der Waals surface area contributed by atoms with E-state index in [9.17, 15) is 8.42 Å². The minimum Gasteiger partial charge on any atom is -0.487 e. The summed E-state index contributed by atoms with van der Waals surface area (Å²) in [6, 6.07) is 7.34. The molecule has 0 amide bonds. The number of sulfone groups is 1. The van der Waals surface area contributed by atoms with Gasteiger partial charge in [0.1, 0.15) is 11.9 Å². The number of nitrogens with zero attached hydrogens (tertiary/aromatic N) is 1. The minimum absolute atomic E-state index is 0. The number of nitrogens with one attached hydrogen (secondary N) is 2. The van der Waals surface area contributed by atoms with Crippen LogP contribution in [0.1, 0.15) is 34.1 Å². The highest BCUT2D eigenvalue weighted by molar-refractivity contribution is 14.0. The number of ether oxygens (including phenoxy) is 1. The second-order valence-corrected chi connectivity index (χ2v) is 10.2. The second-order valence-electron chi connectivity index (χ2n) is 6.89. The summed E-state index contributed by atoms with van der Waals surface area (Å²) in [6.45, 7) is 7.94. The predicted octanol–water partition coefficient (Wildman–Crippen LogP) is 3.49. The summed E-state index contributed by atoms with van der Waals surface area (Å²) in [5, 5.41) is 6.76. The van der Waals surface area contributed by atoms with Crippen LogP contribution in [0.3, 0.4) is 0 Å². The molecule has 0 aliphatic heterocycles. The van der Waals surface area contributed by atoms with E-state index in [1.54, 1.807) is 33.9 Å². The van der Waals surface area contributed by atoms with Gasteiger partial charge in [-0.25, -0.2) is 8.42 Å². The zero-order valence-electron chi connectivity index (χ0n) is 16.6. The maximum atomic E-state index is 12.1. The number of guanidine groups is 1. The lowest BCUT2D eigenvalue weighted by Gasteiger charge is -2.21. The Bertz CT molecular complexity index is 706. The Morgan fingerprint density at radius 3 is 2.41 bits per heavy atom. The summed E-state index contributed by atoms with van der Waals surface area (Å²) in [5.74, 6) is 1.22. The molecule has 0 radical (unpaired) electrons.